The number of carbonyl (C=O) groups is 1. The summed E-state index contributed by atoms with van der Waals surface area (Å²) >= 11 is 1.71. The first-order valence-electron chi connectivity index (χ1n) is 8.91. The summed E-state index contributed by atoms with van der Waals surface area (Å²) < 4.78 is 0. The molecule has 0 saturated carbocycles. The van der Waals surface area contributed by atoms with Crippen LogP contribution in [0.15, 0.2) is 24.3 Å². The first-order chi connectivity index (χ1) is 11.6. The SMILES string of the molecule is CSCCC(N)C(=O)NCc1ccc(CN2CCCC(C)C2)cc1. The lowest BCUT2D eigenvalue weighted by molar-refractivity contribution is -0.122. The quantitative estimate of drug-likeness (QED) is 0.757. The average Bonchev–Trinajstić information content (AvgIpc) is 2.58. The minimum Gasteiger partial charge on any atom is -0.351 e. The van der Waals surface area contributed by atoms with Gasteiger partial charge in [-0.15, -0.1) is 0 Å². The number of rotatable bonds is 8. The molecule has 1 aliphatic rings. The summed E-state index contributed by atoms with van der Waals surface area (Å²) in [6.45, 7) is 6.31. The zero-order valence-electron chi connectivity index (χ0n) is 15.0. The van der Waals surface area contributed by atoms with Crippen molar-refractivity contribution in [1.29, 1.82) is 0 Å². The van der Waals surface area contributed by atoms with Gasteiger partial charge in [0.25, 0.3) is 0 Å². The number of likely N-dealkylation sites (tertiary alicyclic amines) is 1. The Morgan fingerprint density at radius 1 is 1.38 bits per heavy atom. The number of amides is 1. The fraction of sp³-hybridized carbons (Fsp3) is 0.632. The molecule has 2 rings (SSSR count). The van der Waals surface area contributed by atoms with Crippen LogP contribution in [0.3, 0.4) is 0 Å². The van der Waals surface area contributed by atoms with E-state index in [0.29, 0.717) is 6.54 Å². The number of benzene rings is 1. The third-order valence-corrected chi connectivity index (χ3v) is 5.25. The largest absolute Gasteiger partial charge is 0.351 e. The molecule has 0 aromatic heterocycles. The molecule has 2 unspecified atom stereocenters. The van der Waals surface area contributed by atoms with E-state index in [1.165, 1.54) is 31.5 Å². The summed E-state index contributed by atoms with van der Waals surface area (Å²) in [4.78, 5) is 14.5. The van der Waals surface area contributed by atoms with Crippen molar-refractivity contribution in [3.8, 4) is 0 Å². The van der Waals surface area contributed by atoms with E-state index < -0.39 is 6.04 Å². The lowest BCUT2D eigenvalue weighted by Gasteiger charge is -2.30. The number of piperidine rings is 1. The molecule has 4 nitrogen and oxygen atoms in total. The van der Waals surface area contributed by atoms with E-state index in [9.17, 15) is 4.79 Å². The number of carbonyl (C=O) groups excluding carboxylic acids is 1. The number of hydrogen-bond donors (Lipinski definition) is 2. The maximum absolute atomic E-state index is 11.9. The van der Waals surface area contributed by atoms with Crippen LogP contribution >= 0.6 is 11.8 Å². The fourth-order valence-electron chi connectivity index (χ4n) is 3.15. The van der Waals surface area contributed by atoms with Gasteiger partial charge in [-0.05, 0) is 54.9 Å². The molecule has 24 heavy (non-hydrogen) atoms. The van der Waals surface area contributed by atoms with Crippen LogP contribution in [0.25, 0.3) is 0 Å². The summed E-state index contributed by atoms with van der Waals surface area (Å²) in [5.74, 6) is 1.66. The van der Waals surface area contributed by atoms with Gasteiger partial charge in [0, 0.05) is 19.6 Å². The van der Waals surface area contributed by atoms with Crippen LogP contribution in [0.2, 0.25) is 0 Å². The highest BCUT2D eigenvalue weighted by Crippen LogP contribution is 2.18. The summed E-state index contributed by atoms with van der Waals surface area (Å²) in [5.41, 5.74) is 8.34. The van der Waals surface area contributed by atoms with Crippen molar-refractivity contribution in [2.75, 3.05) is 25.1 Å². The zero-order chi connectivity index (χ0) is 17.4. The molecule has 0 spiro atoms. The van der Waals surface area contributed by atoms with Gasteiger partial charge in [-0.1, -0.05) is 31.2 Å². The molecule has 2 atom stereocenters. The van der Waals surface area contributed by atoms with Gasteiger partial charge in [0.2, 0.25) is 5.91 Å². The zero-order valence-corrected chi connectivity index (χ0v) is 15.8. The number of nitrogens with two attached hydrogens (primary N) is 1. The van der Waals surface area contributed by atoms with Crippen molar-refractivity contribution in [2.24, 2.45) is 11.7 Å². The molecule has 1 aliphatic heterocycles. The Balaban J connectivity index is 1.76. The highest BCUT2D eigenvalue weighted by molar-refractivity contribution is 7.98. The normalized spacial score (nSPS) is 19.9. The highest BCUT2D eigenvalue weighted by atomic mass is 32.2. The molecule has 134 valence electrons. The Morgan fingerprint density at radius 2 is 2.08 bits per heavy atom. The summed E-state index contributed by atoms with van der Waals surface area (Å²) in [5, 5.41) is 2.93. The van der Waals surface area contributed by atoms with E-state index in [1.54, 1.807) is 11.8 Å². The maximum atomic E-state index is 11.9. The minimum atomic E-state index is -0.405. The van der Waals surface area contributed by atoms with E-state index in [-0.39, 0.29) is 5.91 Å². The van der Waals surface area contributed by atoms with Crippen LogP contribution in [-0.2, 0) is 17.9 Å². The Bertz CT molecular complexity index is 506. The average molecular weight is 350 g/mol. The maximum Gasteiger partial charge on any atom is 0.237 e. The smallest absolute Gasteiger partial charge is 0.237 e. The van der Waals surface area contributed by atoms with Crippen LogP contribution in [-0.4, -0.2) is 41.9 Å². The van der Waals surface area contributed by atoms with Gasteiger partial charge in [-0.25, -0.2) is 0 Å². The van der Waals surface area contributed by atoms with Crippen LogP contribution in [0.1, 0.15) is 37.3 Å². The molecule has 1 heterocycles. The van der Waals surface area contributed by atoms with E-state index in [2.05, 4.69) is 41.4 Å². The predicted molar refractivity (Wildman–Crippen MR) is 103 cm³/mol. The Morgan fingerprint density at radius 3 is 2.75 bits per heavy atom. The molecular weight excluding hydrogens is 318 g/mol. The number of nitrogens with zero attached hydrogens (tertiary/aromatic N) is 1. The van der Waals surface area contributed by atoms with E-state index in [4.69, 9.17) is 5.73 Å². The molecule has 0 bridgehead atoms. The summed E-state index contributed by atoms with van der Waals surface area (Å²) in [7, 11) is 0. The van der Waals surface area contributed by atoms with Gasteiger partial charge in [0.05, 0.1) is 6.04 Å². The predicted octanol–water partition coefficient (Wildman–Crippen LogP) is 2.62. The molecule has 1 aromatic carbocycles. The van der Waals surface area contributed by atoms with Crippen molar-refractivity contribution < 1.29 is 4.79 Å². The van der Waals surface area contributed by atoms with Crippen molar-refractivity contribution in [2.45, 2.75) is 45.3 Å². The van der Waals surface area contributed by atoms with E-state index in [0.717, 1.165) is 30.2 Å². The first kappa shape index (κ1) is 19.3. The van der Waals surface area contributed by atoms with Crippen molar-refractivity contribution in [1.82, 2.24) is 10.2 Å². The van der Waals surface area contributed by atoms with Gasteiger partial charge >= 0.3 is 0 Å². The fourth-order valence-corrected chi connectivity index (χ4v) is 3.64. The molecule has 1 fully saturated rings. The van der Waals surface area contributed by atoms with Crippen molar-refractivity contribution >= 4 is 17.7 Å². The molecule has 3 N–H and O–H groups in total. The lowest BCUT2D eigenvalue weighted by Crippen LogP contribution is -2.40. The van der Waals surface area contributed by atoms with E-state index in [1.807, 2.05) is 6.26 Å². The second kappa shape index (κ2) is 10.1. The van der Waals surface area contributed by atoms with Gasteiger partial charge in [0.15, 0.2) is 0 Å². The standard InChI is InChI=1S/C19H31N3OS/c1-15-4-3-10-22(13-15)14-17-7-5-16(6-8-17)12-21-19(23)18(20)9-11-24-2/h5-8,15,18H,3-4,9-14,20H2,1-2H3,(H,21,23). The molecule has 0 radical (unpaired) electrons. The molecule has 1 amide bonds. The van der Waals surface area contributed by atoms with Gasteiger partial charge in [0.1, 0.15) is 0 Å². The number of hydrogen-bond acceptors (Lipinski definition) is 4. The Labute approximate surface area is 150 Å². The Hall–Kier alpha value is -1.04. The van der Waals surface area contributed by atoms with Gasteiger partial charge in [-0.3, -0.25) is 9.69 Å². The molecule has 5 heteroatoms. The second-order valence-corrected chi connectivity index (χ2v) is 7.89. The van der Waals surface area contributed by atoms with E-state index >= 15 is 0 Å². The third-order valence-electron chi connectivity index (χ3n) is 4.61. The topological polar surface area (TPSA) is 58.4 Å². The van der Waals surface area contributed by atoms with Gasteiger partial charge in [-0.2, -0.15) is 11.8 Å². The molecule has 1 saturated heterocycles. The van der Waals surface area contributed by atoms with Gasteiger partial charge < -0.3 is 11.1 Å². The van der Waals surface area contributed by atoms with Crippen molar-refractivity contribution in [3.63, 3.8) is 0 Å². The lowest BCUT2D eigenvalue weighted by atomic mass is 9.99. The summed E-state index contributed by atoms with van der Waals surface area (Å²) in [6, 6.07) is 8.16. The Kier molecular flexibility index (Phi) is 8.09. The second-order valence-electron chi connectivity index (χ2n) is 6.90. The number of nitrogens with one attached hydrogen (secondary N) is 1. The van der Waals surface area contributed by atoms with Crippen LogP contribution in [0.5, 0.6) is 0 Å². The van der Waals surface area contributed by atoms with Crippen molar-refractivity contribution in [3.05, 3.63) is 35.4 Å². The molecule has 1 aromatic rings. The third kappa shape index (κ3) is 6.46. The monoisotopic (exact) mass is 349 g/mol. The summed E-state index contributed by atoms with van der Waals surface area (Å²) in [6.07, 6.45) is 5.41. The van der Waals surface area contributed by atoms with Crippen LogP contribution in [0, 0.1) is 5.92 Å². The molecule has 0 aliphatic carbocycles. The minimum absolute atomic E-state index is 0.0598. The van der Waals surface area contributed by atoms with Crippen LogP contribution in [0.4, 0.5) is 0 Å². The first-order valence-corrected chi connectivity index (χ1v) is 10.3. The number of thioether (sulfide) groups is 1. The molecular formula is C19H31N3OS. The van der Waals surface area contributed by atoms with Crippen LogP contribution < -0.4 is 11.1 Å². The highest BCUT2D eigenvalue weighted by Gasteiger charge is 2.16.